The fourth-order valence-electron chi connectivity index (χ4n) is 4.75. The third-order valence-corrected chi connectivity index (χ3v) is 6.58. The van der Waals surface area contributed by atoms with Gasteiger partial charge in [-0.15, -0.1) is 0 Å². The van der Waals surface area contributed by atoms with Crippen molar-refractivity contribution in [1.82, 2.24) is 4.90 Å². The van der Waals surface area contributed by atoms with Gasteiger partial charge in [-0.2, -0.15) is 0 Å². The Morgan fingerprint density at radius 3 is 2.52 bits per heavy atom. The van der Waals surface area contributed by atoms with Crippen LogP contribution in [0.25, 0.3) is 6.08 Å². The number of hydrogen-bond acceptors (Lipinski definition) is 5. The molecule has 3 aliphatic rings. The number of anilines is 1. The van der Waals surface area contributed by atoms with E-state index in [1.807, 2.05) is 56.0 Å². The number of halogens is 1. The van der Waals surface area contributed by atoms with Gasteiger partial charge in [-0.25, -0.2) is 0 Å². The lowest BCUT2D eigenvalue weighted by atomic mass is 9.79. The van der Waals surface area contributed by atoms with Gasteiger partial charge in [-0.3, -0.25) is 19.3 Å². The van der Waals surface area contributed by atoms with Gasteiger partial charge < -0.3 is 9.64 Å². The van der Waals surface area contributed by atoms with E-state index in [-0.39, 0.29) is 36.8 Å². The summed E-state index contributed by atoms with van der Waals surface area (Å²) in [5.74, 6) is -1.71. The third-order valence-electron chi connectivity index (χ3n) is 6.09. The van der Waals surface area contributed by atoms with Gasteiger partial charge in [0, 0.05) is 22.7 Å². The first-order chi connectivity index (χ1) is 13.7. The zero-order valence-corrected chi connectivity index (χ0v) is 18.6. The number of imide groups is 1. The van der Waals surface area contributed by atoms with E-state index in [0.717, 1.165) is 15.7 Å². The molecular formula is C22H25BrN2O4. The van der Waals surface area contributed by atoms with Crippen LogP contribution in [-0.2, 0) is 19.1 Å². The molecule has 154 valence electrons. The predicted molar refractivity (Wildman–Crippen MR) is 113 cm³/mol. The van der Waals surface area contributed by atoms with Crippen LogP contribution in [0.5, 0.6) is 0 Å². The topological polar surface area (TPSA) is 66.9 Å². The highest BCUT2D eigenvalue weighted by atomic mass is 79.9. The number of Topliss-reactive ketones (excluding diaryl/α,β-unsaturated/α-hetero) is 1. The minimum atomic E-state index is -0.671. The molecule has 0 radical (unpaired) electrons. The molecule has 7 heteroatoms. The molecule has 0 unspecified atom stereocenters. The molecule has 0 N–H and O–H groups in total. The largest absolute Gasteiger partial charge is 0.383 e. The summed E-state index contributed by atoms with van der Waals surface area (Å²) >= 11 is 3.49. The molecule has 4 rings (SSSR count). The lowest BCUT2D eigenvalue weighted by Crippen LogP contribution is -2.51. The first-order valence-electron chi connectivity index (χ1n) is 9.81. The molecule has 3 aliphatic heterocycles. The fourth-order valence-corrected chi connectivity index (χ4v) is 5.13. The van der Waals surface area contributed by atoms with E-state index in [1.165, 1.54) is 4.90 Å². The standard InChI is InChI=1S/C22H25BrN2O4/c1-22(2,3)19(26)18-17-16(20(27)24(21(17)28)9-10-29-4)15-7-5-12-11-13(23)6-8-14(12)25(15)18/h5-8,11,15-18H,9-10H2,1-4H3/t15-,16-,17-,18-/m1/s1. The van der Waals surface area contributed by atoms with Crippen LogP contribution in [0.15, 0.2) is 28.7 Å². The smallest absolute Gasteiger partial charge is 0.235 e. The van der Waals surface area contributed by atoms with Crippen molar-refractivity contribution in [2.24, 2.45) is 17.3 Å². The summed E-state index contributed by atoms with van der Waals surface area (Å²) in [4.78, 5) is 43.3. The second-order valence-electron chi connectivity index (χ2n) is 8.89. The number of fused-ring (bicyclic) bond motifs is 5. The molecule has 1 aromatic rings. The number of hydrogen-bond donors (Lipinski definition) is 0. The number of rotatable bonds is 4. The van der Waals surface area contributed by atoms with Crippen LogP contribution in [0.4, 0.5) is 5.69 Å². The summed E-state index contributed by atoms with van der Waals surface area (Å²) < 4.78 is 6.01. The zero-order valence-electron chi connectivity index (χ0n) is 17.0. The summed E-state index contributed by atoms with van der Waals surface area (Å²) in [6, 6.07) is 4.89. The van der Waals surface area contributed by atoms with Gasteiger partial charge in [0.2, 0.25) is 11.8 Å². The fraction of sp³-hybridized carbons (Fsp3) is 0.500. The van der Waals surface area contributed by atoms with Crippen molar-refractivity contribution in [3.8, 4) is 0 Å². The van der Waals surface area contributed by atoms with Gasteiger partial charge in [0.05, 0.1) is 31.0 Å². The van der Waals surface area contributed by atoms with E-state index >= 15 is 0 Å². The van der Waals surface area contributed by atoms with Crippen LogP contribution >= 0.6 is 15.9 Å². The molecule has 4 atom stereocenters. The maximum Gasteiger partial charge on any atom is 0.235 e. The molecule has 0 aromatic heterocycles. The number of amides is 2. The van der Waals surface area contributed by atoms with E-state index in [4.69, 9.17) is 4.74 Å². The Bertz CT molecular complexity index is 920. The second kappa shape index (κ2) is 7.06. The maximum atomic E-state index is 13.5. The Labute approximate surface area is 179 Å². The number of carbonyl (C=O) groups is 3. The van der Waals surface area contributed by atoms with Crippen LogP contribution < -0.4 is 4.90 Å². The number of ketones is 1. The minimum Gasteiger partial charge on any atom is -0.383 e. The van der Waals surface area contributed by atoms with E-state index in [9.17, 15) is 14.4 Å². The van der Waals surface area contributed by atoms with Crippen molar-refractivity contribution in [2.75, 3.05) is 25.2 Å². The number of nitrogens with zero attached hydrogens (tertiary/aromatic N) is 2. The van der Waals surface area contributed by atoms with Gasteiger partial charge in [0.25, 0.3) is 0 Å². The van der Waals surface area contributed by atoms with Gasteiger partial charge in [-0.05, 0) is 23.8 Å². The summed E-state index contributed by atoms with van der Waals surface area (Å²) in [6.07, 6.45) is 3.95. The van der Waals surface area contributed by atoms with Gasteiger partial charge in [0.1, 0.15) is 6.04 Å². The molecule has 2 saturated heterocycles. The Morgan fingerprint density at radius 2 is 1.86 bits per heavy atom. The second-order valence-corrected chi connectivity index (χ2v) is 9.81. The van der Waals surface area contributed by atoms with Crippen LogP contribution in [0.3, 0.4) is 0 Å². The molecular weight excluding hydrogens is 436 g/mol. The molecule has 0 bridgehead atoms. The highest BCUT2D eigenvalue weighted by Gasteiger charge is 2.64. The van der Waals surface area contributed by atoms with Crippen LogP contribution in [0.2, 0.25) is 0 Å². The third kappa shape index (κ3) is 3.06. The molecule has 0 saturated carbocycles. The van der Waals surface area contributed by atoms with Crippen molar-refractivity contribution in [1.29, 1.82) is 0 Å². The van der Waals surface area contributed by atoms with E-state index in [1.54, 1.807) is 7.11 Å². The Hall–Kier alpha value is -1.99. The monoisotopic (exact) mass is 460 g/mol. The normalized spacial score (nSPS) is 27.9. The number of ether oxygens (including phenoxy) is 1. The summed E-state index contributed by atoms with van der Waals surface area (Å²) in [7, 11) is 1.54. The highest BCUT2D eigenvalue weighted by molar-refractivity contribution is 9.10. The molecule has 0 spiro atoms. The van der Waals surface area contributed by atoms with Crippen molar-refractivity contribution in [3.05, 3.63) is 34.3 Å². The minimum absolute atomic E-state index is 0.0195. The van der Waals surface area contributed by atoms with Gasteiger partial charge >= 0.3 is 0 Å². The van der Waals surface area contributed by atoms with E-state index in [0.29, 0.717) is 0 Å². The Kier molecular flexibility index (Phi) is 4.94. The molecule has 0 aliphatic carbocycles. The Balaban J connectivity index is 1.83. The molecule has 3 heterocycles. The van der Waals surface area contributed by atoms with Gasteiger partial charge in [0.15, 0.2) is 5.78 Å². The number of methoxy groups -OCH3 is 1. The van der Waals surface area contributed by atoms with Crippen LogP contribution in [0, 0.1) is 17.3 Å². The first-order valence-corrected chi connectivity index (χ1v) is 10.6. The lowest BCUT2D eigenvalue weighted by molar-refractivity contribution is -0.142. The van der Waals surface area contributed by atoms with E-state index in [2.05, 4.69) is 15.9 Å². The SMILES string of the molecule is COCCN1C(=O)[C@@H]2[C@H](C1=O)[C@H]1C=Cc3cc(Br)ccc3N1[C@H]2C(=O)C(C)(C)C. The predicted octanol–water partition coefficient (Wildman–Crippen LogP) is 2.90. The summed E-state index contributed by atoms with van der Waals surface area (Å²) in [5, 5.41) is 0. The van der Waals surface area contributed by atoms with Crippen LogP contribution in [0.1, 0.15) is 26.3 Å². The molecule has 1 aromatic carbocycles. The highest BCUT2D eigenvalue weighted by Crippen LogP contribution is 2.50. The van der Waals surface area contributed by atoms with Crippen LogP contribution in [-0.4, -0.2) is 54.8 Å². The average molecular weight is 461 g/mol. The van der Waals surface area contributed by atoms with Crippen molar-refractivity contribution < 1.29 is 19.1 Å². The molecule has 2 amide bonds. The summed E-state index contributed by atoms with van der Waals surface area (Å²) in [5.41, 5.74) is 1.23. The maximum absolute atomic E-state index is 13.5. The number of likely N-dealkylation sites (tertiary alicyclic amines) is 1. The molecule has 6 nitrogen and oxygen atoms in total. The first kappa shape index (κ1) is 20.3. The summed E-state index contributed by atoms with van der Waals surface area (Å²) in [6.45, 7) is 6.10. The number of benzene rings is 1. The van der Waals surface area contributed by atoms with Crippen molar-refractivity contribution in [2.45, 2.75) is 32.9 Å². The lowest BCUT2D eigenvalue weighted by Gasteiger charge is -2.38. The van der Waals surface area contributed by atoms with Crippen molar-refractivity contribution >= 4 is 45.3 Å². The molecule has 2 fully saturated rings. The number of carbonyl (C=O) groups excluding carboxylic acids is 3. The molecule has 29 heavy (non-hydrogen) atoms. The quantitative estimate of drug-likeness (QED) is 0.646. The Morgan fingerprint density at radius 1 is 1.17 bits per heavy atom. The van der Waals surface area contributed by atoms with Gasteiger partial charge in [-0.1, -0.05) is 48.9 Å². The zero-order chi connectivity index (χ0) is 21.1. The van der Waals surface area contributed by atoms with E-state index < -0.39 is 23.3 Å². The average Bonchev–Trinajstić information content (AvgIpc) is 3.12. The van der Waals surface area contributed by atoms with Crippen molar-refractivity contribution in [3.63, 3.8) is 0 Å².